The fourth-order valence-corrected chi connectivity index (χ4v) is 2.41. The van der Waals surface area contributed by atoms with Gasteiger partial charge in [-0.3, -0.25) is 9.69 Å². The Balaban J connectivity index is 1.96. The summed E-state index contributed by atoms with van der Waals surface area (Å²) >= 11 is 5.90. The van der Waals surface area contributed by atoms with Crippen molar-refractivity contribution < 1.29 is 4.79 Å². The number of carbonyl (C=O) groups excluding carboxylic acids is 1. The number of hydrogen-bond donors (Lipinski definition) is 0. The number of rotatable bonds is 3. The molecule has 0 amide bonds. The summed E-state index contributed by atoms with van der Waals surface area (Å²) in [6.07, 6.45) is 0. The van der Waals surface area contributed by atoms with E-state index in [9.17, 15) is 4.79 Å². The molecular weight excluding hydrogens is 248 g/mol. The van der Waals surface area contributed by atoms with Crippen LogP contribution < -0.4 is 0 Å². The first-order valence-electron chi connectivity index (χ1n) is 6.27. The lowest BCUT2D eigenvalue weighted by Gasteiger charge is -2.37. The van der Waals surface area contributed by atoms with E-state index >= 15 is 0 Å². The smallest absolute Gasteiger partial charge is 0.176 e. The molecule has 0 bridgehead atoms. The fourth-order valence-electron chi connectivity index (χ4n) is 2.22. The molecule has 1 aromatic carbocycles. The van der Waals surface area contributed by atoms with Crippen LogP contribution >= 0.6 is 11.6 Å². The van der Waals surface area contributed by atoms with Crippen LogP contribution in [0.3, 0.4) is 0 Å². The quantitative estimate of drug-likeness (QED) is 0.784. The second-order valence-corrected chi connectivity index (χ2v) is 5.43. The summed E-state index contributed by atoms with van der Waals surface area (Å²) < 4.78 is 0. The number of likely N-dealkylation sites (N-methyl/N-ethyl adjacent to an activating group) is 1. The third kappa shape index (κ3) is 3.31. The monoisotopic (exact) mass is 266 g/mol. The molecule has 0 aliphatic carbocycles. The van der Waals surface area contributed by atoms with Crippen molar-refractivity contribution in [2.75, 3.05) is 33.2 Å². The third-order valence-corrected chi connectivity index (χ3v) is 3.79. The van der Waals surface area contributed by atoms with Gasteiger partial charge in [-0.05, 0) is 26.1 Å². The Bertz CT molecular complexity index is 436. The summed E-state index contributed by atoms with van der Waals surface area (Å²) in [6.45, 7) is 5.59. The summed E-state index contributed by atoms with van der Waals surface area (Å²) in [5.41, 5.74) is 0.703. The number of benzene rings is 1. The van der Waals surface area contributed by atoms with Gasteiger partial charge in [0.25, 0.3) is 0 Å². The number of Topliss-reactive ketones (excluding diaryl/α,β-unsaturated/α-hetero) is 1. The van der Waals surface area contributed by atoms with Crippen LogP contribution in [-0.4, -0.2) is 54.9 Å². The summed E-state index contributed by atoms with van der Waals surface area (Å²) in [5, 5.41) is 0.618. The van der Waals surface area contributed by atoms with Gasteiger partial charge in [0.1, 0.15) is 0 Å². The maximum absolute atomic E-state index is 12.1. The van der Waals surface area contributed by atoms with Gasteiger partial charge in [0.2, 0.25) is 0 Å². The van der Waals surface area contributed by atoms with E-state index in [1.165, 1.54) is 0 Å². The van der Waals surface area contributed by atoms with E-state index in [-0.39, 0.29) is 5.78 Å². The second-order valence-electron chi connectivity index (χ2n) is 5.00. The van der Waals surface area contributed by atoms with Crippen LogP contribution in [0.5, 0.6) is 0 Å². The fraction of sp³-hybridized carbons (Fsp3) is 0.500. The first-order valence-corrected chi connectivity index (χ1v) is 6.65. The van der Waals surface area contributed by atoms with Gasteiger partial charge in [-0.2, -0.15) is 0 Å². The molecular formula is C14H19ClN2O. The minimum Gasteiger partial charge on any atom is -0.301 e. The molecule has 0 aromatic heterocycles. The van der Waals surface area contributed by atoms with Crippen molar-refractivity contribution in [1.82, 2.24) is 9.80 Å². The largest absolute Gasteiger partial charge is 0.301 e. The number of hydrogen-bond acceptors (Lipinski definition) is 3. The van der Waals surface area contributed by atoms with E-state index in [0.29, 0.717) is 23.2 Å². The number of halogens is 1. The molecule has 98 valence electrons. The van der Waals surface area contributed by atoms with Gasteiger partial charge in [-0.1, -0.05) is 23.7 Å². The van der Waals surface area contributed by atoms with Crippen molar-refractivity contribution in [2.45, 2.75) is 13.0 Å². The van der Waals surface area contributed by atoms with E-state index in [4.69, 9.17) is 11.6 Å². The van der Waals surface area contributed by atoms with E-state index in [2.05, 4.69) is 23.8 Å². The standard InChI is InChI=1S/C14H19ClN2O/c1-11-9-17(7-6-16(11)2)10-14(18)12-4-3-5-13(15)8-12/h3-5,8,11H,6-7,9-10H2,1-2H3. The number of ketones is 1. The minimum atomic E-state index is 0.147. The molecule has 3 nitrogen and oxygen atoms in total. The predicted octanol–water partition coefficient (Wildman–Crippen LogP) is 2.16. The zero-order valence-corrected chi connectivity index (χ0v) is 11.7. The zero-order chi connectivity index (χ0) is 13.1. The number of carbonyl (C=O) groups is 1. The molecule has 1 aromatic rings. The molecule has 1 fully saturated rings. The van der Waals surface area contributed by atoms with Crippen molar-refractivity contribution >= 4 is 17.4 Å². The minimum absolute atomic E-state index is 0.147. The van der Waals surface area contributed by atoms with Crippen LogP contribution in [0.2, 0.25) is 5.02 Å². The number of piperazine rings is 1. The van der Waals surface area contributed by atoms with Crippen LogP contribution in [0.15, 0.2) is 24.3 Å². The molecule has 0 radical (unpaired) electrons. The first kappa shape index (κ1) is 13.5. The molecule has 0 saturated carbocycles. The number of nitrogens with zero attached hydrogens (tertiary/aromatic N) is 2. The predicted molar refractivity (Wildman–Crippen MR) is 74.3 cm³/mol. The Labute approximate surface area is 113 Å². The normalized spacial score (nSPS) is 22.1. The van der Waals surface area contributed by atoms with Crippen molar-refractivity contribution in [3.05, 3.63) is 34.9 Å². The SMILES string of the molecule is CC1CN(CC(=O)c2cccc(Cl)c2)CCN1C. The van der Waals surface area contributed by atoms with Crippen LogP contribution in [-0.2, 0) is 0 Å². The van der Waals surface area contributed by atoms with Gasteiger partial charge < -0.3 is 4.90 Å². The van der Waals surface area contributed by atoms with Crippen molar-refractivity contribution in [3.8, 4) is 0 Å². The van der Waals surface area contributed by atoms with Gasteiger partial charge in [-0.15, -0.1) is 0 Å². The summed E-state index contributed by atoms with van der Waals surface area (Å²) in [4.78, 5) is 16.7. The lowest BCUT2D eigenvalue weighted by atomic mass is 10.1. The first-order chi connectivity index (χ1) is 8.56. The summed E-state index contributed by atoms with van der Waals surface area (Å²) in [6, 6.07) is 7.68. The molecule has 0 spiro atoms. The Morgan fingerprint density at radius 3 is 2.89 bits per heavy atom. The summed E-state index contributed by atoms with van der Waals surface area (Å²) in [5.74, 6) is 0.147. The van der Waals surface area contributed by atoms with Gasteiger partial charge in [0.15, 0.2) is 5.78 Å². The van der Waals surface area contributed by atoms with E-state index in [1.807, 2.05) is 12.1 Å². The Hall–Kier alpha value is -0.900. The zero-order valence-electron chi connectivity index (χ0n) is 10.9. The Morgan fingerprint density at radius 2 is 2.22 bits per heavy atom. The van der Waals surface area contributed by atoms with Crippen molar-refractivity contribution in [1.29, 1.82) is 0 Å². The van der Waals surface area contributed by atoms with Crippen LogP contribution in [0.25, 0.3) is 0 Å². The molecule has 1 saturated heterocycles. The average Bonchev–Trinajstić information content (AvgIpc) is 2.34. The molecule has 1 heterocycles. The van der Waals surface area contributed by atoms with E-state index < -0.39 is 0 Å². The van der Waals surface area contributed by atoms with Crippen LogP contribution in [0.1, 0.15) is 17.3 Å². The third-order valence-electron chi connectivity index (χ3n) is 3.56. The van der Waals surface area contributed by atoms with Gasteiger partial charge in [0.05, 0.1) is 6.54 Å². The van der Waals surface area contributed by atoms with Gasteiger partial charge in [-0.25, -0.2) is 0 Å². The molecule has 2 rings (SSSR count). The van der Waals surface area contributed by atoms with Crippen molar-refractivity contribution in [3.63, 3.8) is 0 Å². The lowest BCUT2D eigenvalue weighted by molar-refractivity contribution is 0.0786. The summed E-state index contributed by atoms with van der Waals surface area (Å²) in [7, 11) is 2.13. The highest BCUT2D eigenvalue weighted by molar-refractivity contribution is 6.31. The molecule has 4 heteroatoms. The van der Waals surface area contributed by atoms with Crippen molar-refractivity contribution in [2.24, 2.45) is 0 Å². The topological polar surface area (TPSA) is 23.6 Å². The maximum Gasteiger partial charge on any atom is 0.176 e. The molecule has 18 heavy (non-hydrogen) atoms. The van der Waals surface area contributed by atoms with Crippen LogP contribution in [0.4, 0.5) is 0 Å². The molecule has 1 atom stereocenters. The Kier molecular flexibility index (Phi) is 4.38. The Morgan fingerprint density at radius 1 is 1.44 bits per heavy atom. The maximum atomic E-state index is 12.1. The molecule has 1 aliphatic rings. The van der Waals surface area contributed by atoms with Gasteiger partial charge >= 0.3 is 0 Å². The molecule has 0 N–H and O–H groups in total. The molecule has 1 aliphatic heterocycles. The van der Waals surface area contributed by atoms with Gasteiger partial charge in [0, 0.05) is 36.3 Å². The van der Waals surface area contributed by atoms with E-state index in [1.54, 1.807) is 12.1 Å². The lowest BCUT2D eigenvalue weighted by Crippen LogP contribution is -2.51. The molecule has 1 unspecified atom stereocenters. The highest BCUT2D eigenvalue weighted by Crippen LogP contribution is 2.13. The van der Waals surface area contributed by atoms with Crippen LogP contribution in [0, 0.1) is 0 Å². The van der Waals surface area contributed by atoms with E-state index in [0.717, 1.165) is 19.6 Å². The average molecular weight is 267 g/mol. The second kappa shape index (κ2) is 5.83. The highest BCUT2D eigenvalue weighted by atomic mass is 35.5. The highest BCUT2D eigenvalue weighted by Gasteiger charge is 2.22.